The van der Waals surface area contributed by atoms with Crippen LogP contribution >= 0.6 is 11.6 Å². The molecule has 5 rings (SSSR count). The molecule has 0 spiro atoms. The number of aliphatic hydroxyl groups is 1. The molecule has 0 saturated carbocycles. The topological polar surface area (TPSA) is 76.6 Å². The first-order valence-corrected chi connectivity index (χ1v) is 10.9. The van der Waals surface area contributed by atoms with Crippen LogP contribution in [0.15, 0.2) is 48.5 Å². The number of rotatable bonds is 4. The molecule has 2 aliphatic heterocycles. The van der Waals surface area contributed by atoms with Crippen LogP contribution in [-0.4, -0.2) is 57.9 Å². The lowest BCUT2D eigenvalue weighted by Crippen LogP contribution is -2.67. The van der Waals surface area contributed by atoms with Crippen molar-refractivity contribution in [2.24, 2.45) is 0 Å². The maximum absolute atomic E-state index is 13.7. The fraction of sp³-hybridized carbons (Fsp3) is 0.333. The standard InChI is InChI=1S/C24H24ClN3O3/c1-24-22-21(16-8-3-5-10-19(16)26-22)17(15-7-2-4-9-18(15)25)13-28(24)20(30)14-27(23(24)31)11-6-12-29/h2-5,7-10,17,26,29H,6,11-14H2,1H3/t17-,24-/m0/s1. The Morgan fingerprint density at radius 1 is 1.16 bits per heavy atom. The third kappa shape index (κ3) is 2.89. The number of carbonyl (C=O) groups excluding carboxylic acids is 2. The zero-order chi connectivity index (χ0) is 21.8. The minimum atomic E-state index is -1.13. The highest BCUT2D eigenvalue weighted by molar-refractivity contribution is 6.31. The molecule has 31 heavy (non-hydrogen) atoms. The summed E-state index contributed by atoms with van der Waals surface area (Å²) in [7, 11) is 0. The number of aliphatic hydroxyl groups excluding tert-OH is 1. The number of nitrogens with zero attached hydrogens (tertiary/aromatic N) is 2. The number of H-pyrrole nitrogens is 1. The Morgan fingerprint density at radius 3 is 2.68 bits per heavy atom. The van der Waals surface area contributed by atoms with Crippen molar-refractivity contribution >= 4 is 34.3 Å². The highest BCUT2D eigenvalue weighted by atomic mass is 35.5. The second-order valence-electron chi connectivity index (χ2n) is 8.41. The van der Waals surface area contributed by atoms with E-state index < -0.39 is 5.54 Å². The molecule has 3 aromatic rings. The highest BCUT2D eigenvalue weighted by Gasteiger charge is 2.56. The molecule has 2 atom stereocenters. The minimum absolute atomic E-state index is 0.0232. The summed E-state index contributed by atoms with van der Waals surface area (Å²) < 4.78 is 0. The van der Waals surface area contributed by atoms with Crippen molar-refractivity contribution in [1.82, 2.24) is 14.8 Å². The van der Waals surface area contributed by atoms with Crippen molar-refractivity contribution in [2.75, 3.05) is 26.2 Å². The summed E-state index contributed by atoms with van der Waals surface area (Å²) in [4.78, 5) is 33.7. The number of fused-ring (bicyclic) bond motifs is 5. The first-order valence-electron chi connectivity index (χ1n) is 10.5. The van der Waals surface area contributed by atoms with Crippen LogP contribution in [0.4, 0.5) is 0 Å². The Kier molecular flexibility index (Phi) is 4.79. The van der Waals surface area contributed by atoms with Gasteiger partial charge in [0.25, 0.3) is 5.91 Å². The van der Waals surface area contributed by atoms with E-state index in [-0.39, 0.29) is 30.9 Å². The zero-order valence-electron chi connectivity index (χ0n) is 17.3. The second kappa shape index (κ2) is 7.39. The van der Waals surface area contributed by atoms with E-state index in [1.54, 1.807) is 9.80 Å². The van der Waals surface area contributed by atoms with Crippen LogP contribution in [0, 0.1) is 0 Å². The van der Waals surface area contributed by atoms with Gasteiger partial charge in [-0.2, -0.15) is 0 Å². The Bertz CT molecular complexity index is 1190. The molecule has 2 amide bonds. The third-order valence-electron chi connectivity index (χ3n) is 6.68. The van der Waals surface area contributed by atoms with E-state index in [0.717, 1.165) is 27.7 Å². The van der Waals surface area contributed by atoms with Crippen molar-refractivity contribution in [3.05, 3.63) is 70.4 Å². The van der Waals surface area contributed by atoms with E-state index in [9.17, 15) is 14.7 Å². The maximum Gasteiger partial charge on any atom is 0.254 e. The molecule has 2 aromatic carbocycles. The average molecular weight is 438 g/mol. The van der Waals surface area contributed by atoms with E-state index in [1.165, 1.54) is 0 Å². The number of hydrogen-bond acceptors (Lipinski definition) is 3. The molecule has 0 aliphatic carbocycles. The largest absolute Gasteiger partial charge is 0.396 e. The van der Waals surface area contributed by atoms with E-state index >= 15 is 0 Å². The predicted molar refractivity (Wildman–Crippen MR) is 119 cm³/mol. The fourth-order valence-electron chi connectivity index (χ4n) is 5.16. The van der Waals surface area contributed by atoms with Gasteiger partial charge in [0.1, 0.15) is 0 Å². The number of carbonyl (C=O) groups is 2. The first kappa shape index (κ1) is 20.1. The summed E-state index contributed by atoms with van der Waals surface area (Å²) in [5.74, 6) is -0.360. The Morgan fingerprint density at radius 2 is 1.90 bits per heavy atom. The number of benzene rings is 2. The highest BCUT2D eigenvalue weighted by Crippen LogP contribution is 2.49. The van der Waals surface area contributed by atoms with E-state index in [1.807, 2.05) is 55.5 Å². The van der Waals surface area contributed by atoms with Gasteiger partial charge in [-0.25, -0.2) is 0 Å². The lowest BCUT2D eigenvalue weighted by Gasteiger charge is -2.51. The Balaban J connectivity index is 1.74. The number of halogens is 1. The minimum Gasteiger partial charge on any atom is -0.396 e. The number of nitrogens with one attached hydrogen (secondary N) is 1. The van der Waals surface area contributed by atoms with Gasteiger partial charge >= 0.3 is 0 Å². The summed E-state index contributed by atoms with van der Waals surface area (Å²) in [6.07, 6.45) is 0.441. The normalized spacial score (nSPS) is 23.3. The van der Waals surface area contributed by atoms with Gasteiger partial charge in [0.2, 0.25) is 5.91 Å². The van der Waals surface area contributed by atoms with Crippen molar-refractivity contribution in [1.29, 1.82) is 0 Å². The third-order valence-corrected chi connectivity index (χ3v) is 7.03. The fourth-order valence-corrected chi connectivity index (χ4v) is 5.42. The molecule has 0 unspecified atom stereocenters. The molecule has 7 heteroatoms. The van der Waals surface area contributed by atoms with Crippen LogP contribution in [0.3, 0.4) is 0 Å². The Labute approximate surface area is 185 Å². The quantitative estimate of drug-likeness (QED) is 0.657. The molecule has 3 heterocycles. The summed E-state index contributed by atoms with van der Waals surface area (Å²) in [5, 5.41) is 10.9. The number of para-hydroxylation sites is 1. The number of aromatic nitrogens is 1. The van der Waals surface area contributed by atoms with Crippen LogP contribution in [0.25, 0.3) is 10.9 Å². The van der Waals surface area contributed by atoms with Crippen molar-refractivity contribution < 1.29 is 14.7 Å². The molecule has 6 nitrogen and oxygen atoms in total. The monoisotopic (exact) mass is 437 g/mol. The van der Waals surface area contributed by atoms with Crippen molar-refractivity contribution in [3.63, 3.8) is 0 Å². The zero-order valence-corrected chi connectivity index (χ0v) is 18.0. The van der Waals surface area contributed by atoms with Crippen LogP contribution in [0.5, 0.6) is 0 Å². The van der Waals surface area contributed by atoms with E-state index in [2.05, 4.69) is 4.98 Å². The van der Waals surface area contributed by atoms with Crippen LogP contribution < -0.4 is 0 Å². The number of hydrogen-bond donors (Lipinski definition) is 2. The molecule has 1 fully saturated rings. The number of aromatic amines is 1. The predicted octanol–water partition coefficient (Wildman–Crippen LogP) is 3.24. The lowest BCUT2D eigenvalue weighted by atomic mass is 9.76. The molecule has 2 N–H and O–H groups in total. The SMILES string of the molecule is C[C@]12C(=O)N(CCCO)CC(=O)N1C[C@@H](c1ccccc1Cl)c1c2[nH]c2ccccc12. The van der Waals surface area contributed by atoms with Gasteiger partial charge in [-0.05, 0) is 36.6 Å². The molecule has 0 radical (unpaired) electrons. The van der Waals surface area contributed by atoms with Crippen molar-refractivity contribution in [3.8, 4) is 0 Å². The van der Waals surface area contributed by atoms with E-state index in [0.29, 0.717) is 24.5 Å². The summed E-state index contributed by atoms with van der Waals surface area (Å²) in [6.45, 7) is 2.57. The van der Waals surface area contributed by atoms with Crippen LogP contribution in [0.1, 0.15) is 36.1 Å². The van der Waals surface area contributed by atoms with Crippen molar-refractivity contribution in [2.45, 2.75) is 24.8 Å². The van der Waals surface area contributed by atoms with Gasteiger partial charge in [-0.1, -0.05) is 48.0 Å². The van der Waals surface area contributed by atoms with Gasteiger partial charge in [0, 0.05) is 41.5 Å². The maximum atomic E-state index is 13.7. The van der Waals surface area contributed by atoms with Crippen LogP contribution in [-0.2, 0) is 15.1 Å². The first-order chi connectivity index (χ1) is 15.0. The van der Waals surface area contributed by atoms with Gasteiger partial charge < -0.3 is 19.9 Å². The molecule has 1 saturated heterocycles. The van der Waals surface area contributed by atoms with Gasteiger partial charge in [-0.3, -0.25) is 9.59 Å². The van der Waals surface area contributed by atoms with E-state index in [4.69, 9.17) is 11.6 Å². The summed E-state index contributed by atoms with van der Waals surface area (Å²) >= 11 is 6.59. The van der Waals surface area contributed by atoms with Crippen LogP contribution in [0.2, 0.25) is 5.02 Å². The molecular formula is C24H24ClN3O3. The number of piperazine rings is 1. The summed E-state index contributed by atoms with van der Waals surface area (Å²) in [5.41, 5.74) is 2.52. The van der Waals surface area contributed by atoms with Gasteiger partial charge in [-0.15, -0.1) is 0 Å². The second-order valence-corrected chi connectivity index (χ2v) is 8.82. The molecule has 160 valence electrons. The molecular weight excluding hydrogens is 414 g/mol. The smallest absolute Gasteiger partial charge is 0.254 e. The lowest BCUT2D eigenvalue weighted by molar-refractivity contribution is -0.166. The molecule has 0 bridgehead atoms. The molecule has 2 aliphatic rings. The average Bonchev–Trinajstić information content (AvgIpc) is 3.17. The molecule has 1 aromatic heterocycles. The van der Waals surface area contributed by atoms with Gasteiger partial charge in [0.15, 0.2) is 5.54 Å². The Hall–Kier alpha value is -2.83. The number of amides is 2. The summed E-state index contributed by atoms with van der Waals surface area (Å²) in [6, 6.07) is 15.7. The van der Waals surface area contributed by atoms with Gasteiger partial charge in [0.05, 0.1) is 12.2 Å².